The van der Waals surface area contributed by atoms with Crippen LogP contribution in [0.1, 0.15) is 6.92 Å². The van der Waals surface area contributed by atoms with Crippen molar-refractivity contribution < 1.29 is 14.6 Å². The van der Waals surface area contributed by atoms with Crippen molar-refractivity contribution in [3.05, 3.63) is 0 Å². The van der Waals surface area contributed by atoms with Crippen LogP contribution in [0.3, 0.4) is 0 Å². The number of rotatable bonds is 5. The molecule has 0 saturated heterocycles. The van der Waals surface area contributed by atoms with Crippen LogP contribution in [0.15, 0.2) is 0 Å². The number of nitrogens with zero attached hydrogens (tertiary/aromatic N) is 1. The minimum atomic E-state index is -0.296. The van der Waals surface area contributed by atoms with Crippen molar-refractivity contribution in [3.63, 3.8) is 0 Å². The number of thiocarbonyl (C=S) groups is 1. The zero-order valence-electron chi connectivity index (χ0n) is 7.24. The van der Waals surface area contributed by atoms with Gasteiger partial charge in [-0.1, -0.05) is 0 Å². The van der Waals surface area contributed by atoms with E-state index in [1.807, 2.05) is 0 Å². The molecule has 0 fully saturated rings. The molecule has 0 unspecified atom stereocenters. The van der Waals surface area contributed by atoms with Crippen molar-refractivity contribution in [2.75, 3.05) is 26.7 Å². The number of carbonyl (C=O) groups is 1. The average Bonchev–Trinajstić information content (AvgIpc) is 1.84. The molecule has 4 nitrogen and oxygen atoms in total. The van der Waals surface area contributed by atoms with Gasteiger partial charge in [0.2, 0.25) is 0 Å². The highest BCUT2D eigenvalue weighted by Crippen LogP contribution is 1.85. The Kier molecular flexibility index (Phi) is 5.57. The summed E-state index contributed by atoms with van der Waals surface area (Å²) in [6, 6.07) is 0. The van der Waals surface area contributed by atoms with Gasteiger partial charge in [0.1, 0.15) is 6.61 Å². The number of carbonyl (C=O) groups excluding carboxylic acids is 1. The van der Waals surface area contributed by atoms with Gasteiger partial charge in [-0.3, -0.25) is 9.69 Å². The van der Waals surface area contributed by atoms with Crippen molar-refractivity contribution in [1.82, 2.24) is 4.90 Å². The lowest BCUT2D eigenvalue weighted by molar-refractivity contribution is -0.141. The molecular formula is C7H13NO3S. The normalized spacial score (nSPS) is 9.92. The Balaban J connectivity index is 3.37. The fraction of sp³-hybridized carbons (Fsp3) is 0.714. The highest BCUT2D eigenvalue weighted by atomic mass is 32.1. The van der Waals surface area contributed by atoms with Gasteiger partial charge in [-0.25, -0.2) is 0 Å². The molecular weight excluding hydrogens is 178 g/mol. The summed E-state index contributed by atoms with van der Waals surface area (Å²) in [4.78, 5) is 12.1. The second-order valence-corrected chi connectivity index (χ2v) is 2.94. The highest BCUT2D eigenvalue weighted by Gasteiger charge is 2.01. The molecule has 1 N–H and O–H groups in total. The Morgan fingerprint density at radius 1 is 1.67 bits per heavy atom. The first kappa shape index (κ1) is 11.3. The summed E-state index contributed by atoms with van der Waals surface area (Å²) in [5.41, 5.74) is 0. The number of hydrogen-bond donors (Lipinski definition) is 1. The minimum absolute atomic E-state index is 0.0553. The maximum absolute atomic E-state index is 10.3. The third-order valence-corrected chi connectivity index (χ3v) is 1.31. The van der Waals surface area contributed by atoms with E-state index in [2.05, 4.69) is 17.0 Å². The van der Waals surface area contributed by atoms with E-state index in [0.29, 0.717) is 19.7 Å². The predicted octanol–water partition coefficient (Wildman–Crippen LogP) is 0.367. The average molecular weight is 191 g/mol. The number of aliphatic hydroxyl groups excluding tert-OH is 1. The SMILES string of the molecule is CC(=O)OCCN(C)CC(O)=S. The summed E-state index contributed by atoms with van der Waals surface area (Å²) in [6.07, 6.45) is 0. The van der Waals surface area contributed by atoms with Crippen LogP contribution in [0.5, 0.6) is 0 Å². The summed E-state index contributed by atoms with van der Waals surface area (Å²) >= 11 is 4.48. The van der Waals surface area contributed by atoms with Crippen LogP contribution < -0.4 is 0 Å². The Labute approximate surface area is 77.1 Å². The van der Waals surface area contributed by atoms with Gasteiger partial charge in [-0.2, -0.15) is 0 Å². The Bertz CT molecular complexity index is 172. The highest BCUT2D eigenvalue weighted by molar-refractivity contribution is 7.80. The quantitative estimate of drug-likeness (QED) is 0.502. The summed E-state index contributed by atoms with van der Waals surface area (Å²) < 4.78 is 4.69. The molecule has 0 aliphatic carbocycles. The van der Waals surface area contributed by atoms with E-state index >= 15 is 0 Å². The van der Waals surface area contributed by atoms with Gasteiger partial charge in [0, 0.05) is 13.5 Å². The van der Waals surface area contributed by atoms with Crippen molar-refractivity contribution in [2.45, 2.75) is 6.92 Å². The van der Waals surface area contributed by atoms with Crippen molar-refractivity contribution in [3.8, 4) is 0 Å². The molecule has 70 valence electrons. The fourth-order valence-corrected chi connectivity index (χ4v) is 0.876. The monoisotopic (exact) mass is 191 g/mol. The van der Waals surface area contributed by atoms with Crippen LogP contribution in [0.2, 0.25) is 0 Å². The molecule has 5 heteroatoms. The van der Waals surface area contributed by atoms with Gasteiger partial charge in [0.15, 0.2) is 5.05 Å². The first-order valence-electron chi connectivity index (χ1n) is 3.56. The molecule has 0 aliphatic rings. The maximum Gasteiger partial charge on any atom is 0.302 e. The molecule has 0 saturated carbocycles. The third kappa shape index (κ3) is 7.43. The Hall–Kier alpha value is -0.680. The molecule has 0 heterocycles. The van der Waals surface area contributed by atoms with Crippen LogP contribution in [0.25, 0.3) is 0 Å². The minimum Gasteiger partial charge on any atom is -0.501 e. The summed E-state index contributed by atoms with van der Waals surface area (Å²) in [6.45, 7) is 2.59. The number of ether oxygens (including phenoxy) is 1. The van der Waals surface area contributed by atoms with Gasteiger partial charge in [0.25, 0.3) is 0 Å². The summed E-state index contributed by atoms with van der Waals surface area (Å²) in [5.74, 6) is -0.296. The van der Waals surface area contributed by atoms with E-state index in [1.54, 1.807) is 11.9 Å². The fourth-order valence-electron chi connectivity index (χ4n) is 0.655. The van der Waals surface area contributed by atoms with Gasteiger partial charge in [-0.15, -0.1) is 0 Å². The molecule has 0 amide bonds. The van der Waals surface area contributed by atoms with Crippen LogP contribution in [0.4, 0.5) is 0 Å². The number of aliphatic hydroxyl groups is 1. The predicted molar refractivity (Wildman–Crippen MR) is 49.4 cm³/mol. The van der Waals surface area contributed by atoms with Gasteiger partial charge >= 0.3 is 5.97 Å². The second-order valence-electron chi connectivity index (χ2n) is 2.47. The molecule has 0 spiro atoms. The molecule has 0 atom stereocenters. The zero-order chi connectivity index (χ0) is 9.56. The van der Waals surface area contributed by atoms with E-state index in [-0.39, 0.29) is 11.0 Å². The largest absolute Gasteiger partial charge is 0.501 e. The lowest BCUT2D eigenvalue weighted by Crippen LogP contribution is -2.28. The third-order valence-electron chi connectivity index (χ3n) is 1.18. The van der Waals surface area contributed by atoms with E-state index in [1.165, 1.54) is 6.92 Å². The lowest BCUT2D eigenvalue weighted by Gasteiger charge is -2.13. The molecule has 0 radical (unpaired) electrons. The van der Waals surface area contributed by atoms with E-state index in [0.717, 1.165) is 0 Å². The zero-order valence-corrected chi connectivity index (χ0v) is 8.06. The molecule has 0 aromatic heterocycles. The first-order chi connectivity index (χ1) is 5.52. The number of esters is 1. The van der Waals surface area contributed by atoms with Crippen LogP contribution in [-0.2, 0) is 9.53 Å². The van der Waals surface area contributed by atoms with E-state index < -0.39 is 0 Å². The van der Waals surface area contributed by atoms with Crippen LogP contribution >= 0.6 is 12.2 Å². The standard InChI is InChI=1S/C7H13NO3S/c1-6(9)11-4-3-8(2)5-7(10)12/h3-5H2,1-2H3,(H,10,12). The smallest absolute Gasteiger partial charge is 0.302 e. The Morgan fingerprint density at radius 3 is 2.67 bits per heavy atom. The molecule has 0 aliphatic heterocycles. The van der Waals surface area contributed by atoms with Crippen molar-refractivity contribution in [2.24, 2.45) is 0 Å². The molecule has 0 aromatic carbocycles. The molecule has 0 aromatic rings. The lowest BCUT2D eigenvalue weighted by atomic mass is 10.5. The van der Waals surface area contributed by atoms with Crippen LogP contribution in [-0.4, -0.2) is 47.8 Å². The molecule has 0 bridgehead atoms. The second kappa shape index (κ2) is 5.91. The van der Waals surface area contributed by atoms with Gasteiger partial charge < -0.3 is 9.84 Å². The van der Waals surface area contributed by atoms with Crippen molar-refractivity contribution >= 4 is 23.2 Å². The van der Waals surface area contributed by atoms with E-state index in [9.17, 15) is 4.79 Å². The summed E-state index contributed by atoms with van der Waals surface area (Å²) in [7, 11) is 1.78. The molecule has 12 heavy (non-hydrogen) atoms. The topological polar surface area (TPSA) is 49.8 Å². The first-order valence-corrected chi connectivity index (χ1v) is 3.97. The van der Waals surface area contributed by atoms with Gasteiger partial charge in [-0.05, 0) is 19.3 Å². The summed E-state index contributed by atoms with van der Waals surface area (Å²) in [5, 5.41) is 8.66. The molecule has 0 rings (SSSR count). The van der Waals surface area contributed by atoms with E-state index in [4.69, 9.17) is 5.11 Å². The number of likely N-dealkylation sites (N-methyl/N-ethyl adjacent to an activating group) is 1. The number of hydrogen-bond acceptors (Lipinski definition) is 4. The van der Waals surface area contributed by atoms with Crippen molar-refractivity contribution in [1.29, 1.82) is 0 Å². The van der Waals surface area contributed by atoms with Gasteiger partial charge in [0.05, 0.1) is 6.54 Å². The van der Waals surface area contributed by atoms with Crippen LogP contribution in [0, 0.1) is 0 Å². The Morgan fingerprint density at radius 2 is 2.25 bits per heavy atom. The maximum atomic E-state index is 10.3.